The van der Waals surface area contributed by atoms with Crippen LogP contribution in [0.5, 0.6) is 0 Å². The molecule has 0 bridgehead atoms. The Balaban J connectivity index is 0. The van der Waals surface area contributed by atoms with Crippen molar-refractivity contribution >= 4 is 0 Å². The van der Waals surface area contributed by atoms with E-state index in [-0.39, 0.29) is 32.7 Å². The molecule has 0 saturated heterocycles. The molecule has 1 radical (unpaired) electrons. The molecule has 0 nitrogen and oxygen atoms in total. The normalized spacial score (nSPS) is 8.11. The van der Waals surface area contributed by atoms with Gasteiger partial charge in [0.15, 0.2) is 0 Å². The number of rotatable bonds is 1. The largest absolute Gasteiger partial charge is 0.223 e. The summed E-state index contributed by atoms with van der Waals surface area (Å²) in [6.07, 6.45) is 0. The summed E-state index contributed by atoms with van der Waals surface area (Å²) in [4.78, 5) is 0. The maximum Gasteiger partial charge on any atom is 0 e. The maximum absolute atomic E-state index is 3.26. The molecule has 19 heavy (non-hydrogen) atoms. The zero-order chi connectivity index (χ0) is 14.0. The molecule has 0 saturated carbocycles. The van der Waals surface area contributed by atoms with Crippen molar-refractivity contribution in [3.63, 3.8) is 0 Å². The fraction of sp³-hybridized carbons (Fsp3) is 0.333. The number of hydrogen-bond donors (Lipinski definition) is 0. The fourth-order valence-corrected chi connectivity index (χ4v) is 1.58. The van der Waals surface area contributed by atoms with Crippen LogP contribution in [0.4, 0.5) is 0 Å². The first kappa shape index (κ1) is 20.9. The molecule has 0 fully saturated rings. The van der Waals surface area contributed by atoms with Crippen LogP contribution in [0.1, 0.15) is 38.8 Å². The third kappa shape index (κ3) is 6.50. The minimum atomic E-state index is 0. The molecule has 2 rings (SSSR count). The van der Waals surface area contributed by atoms with Crippen LogP contribution in [0.15, 0.2) is 36.4 Å². The Morgan fingerprint density at radius 3 is 1.26 bits per heavy atom. The minimum absolute atomic E-state index is 0. The van der Waals surface area contributed by atoms with E-state index in [1.165, 1.54) is 11.1 Å². The quantitative estimate of drug-likeness (QED) is 0.596. The van der Waals surface area contributed by atoms with Crippen molar-refractivity contribution in [1.29, 1.82) is 0 Å². The van der Waals surface area contributed by atoms with E-state index in [1.54, 1.807) is 0 Å². The smallest absolute Gasteiger partial charge is 0 e. The van der Waals surface area contributed by atoms with Gasteiger partial charge in [0.25, 0.3) is 0 Å². The van der Waals surface area contributed by atoms with Gasteiger partial charge < -0.3 is 0 Å². The van der Waals surface area contributed by atoms with Crippen LogP contribution in [-0.2, 0) is 32.7 Å². The molecule has 0 unspecified atom stereocenters. The predicted octanol–water partition coefficient (Wildman–Crippen LogP) is 5.62. The van der Waals surface area contributed by atoms with Crippen molar-refractivity contribution in [2.24, 2.45) is 0 Å². The average Bonchev–Trinajstić information content (AvgIpc) is 2.45. The number of benzene rings is 2. The van der Waals surface area contributed by atoms with Crippen molar-refractivity contribution in [3.8, 4) is 11.1 Å². The first-order chi connectivity index (χ1) is 8.79. The van der Waals surface area contributed by atoms with E-state index < -0.39 is 0 Å². The second-order valence-electron chi connectivity index (χ2n) is 3.46. The van der Waals surface area contributed by atoms with Crippen molar-refractivity contribution < 1.29 is 32.7 Å². The SMILES string of the molecule is CC.CC.Cc1ccc[c-]c1-c1[c-]cccc1C.[Y]. The Kier molecular flexibility index (Phi) is 13.8. The fourth-order valence-electron chi connectivity index (χ4n) is 1.58. The van der Waals surface area contributed by atoms with E-state index in [2.05, 4.69) is 38.1 Å². The summed E-state index contributed by atoms with van der Waals surface area (Å²) in [5.74, 6) is 0. The third-order valence-corrected chi connectivity index (χ3v) is 2.38. The first-order valence-electron chi connectivity index (χ1n) is 6.74. The summed E-state index contributed by atoms with van der Waals surface area (Å²) < 4.78 is 0. The van der Waals surface area contributed by atoms with Crippen LogP contribution in [-0.4, -0.2) is 0 Å². The standard InChI is InChI=1S/C14H12.2C2H6.Y/c1-11-7-3-5-9-13(11)14-10-6-4-8-12(14)2;2*1-2;/h3-8H,1-2H3;2*1-2H3;/q-2;;;. The van der Waals surface area contributed by atoms with Gasteiger partial charge in [-0.15, -0.1) is 12.1 Å². The second kappa shape index (κ2) is 12.6. The van der Waals surface area contributed by atoms with E-state index in [1.807, 2.05) is 52.0 Å². The van der Waals surface area contributed by atoms with Crippen molar-refractivity contribution in [2.75, 3.05) is 0 Å². The first-order valence-corrected chi connectivity index (χ1v) is 6.74. The summed E-state index contributed by atoms with van der Waals surface area (Å²) in [7, 11) is 0. The third-order valence-electron chi connectivity index (χ3n) is 2.38. The van der Waals surface area contributed by atoms with Crippen molar-refractivity contribution in [2.45, 2.75) is 41.5 Å². The van der Waals surface area contributed by atoms with E-state index in [4.69, 9.17) is 0 Å². The van der Waals surface area contributed by atoms with Gasteiger partial charge in [-0.3, -0.25) is 0 Å². The Bertz CT molecular complexity index is 403. The number of aryl methyl sites for hydroxylation is 2. The Morgan fingerprint density at radius 1 is 0.684 bits per heavy atom. The summed E-state index contributed by atoms with van der Waals surface area (Å²) in [5, 5.41) is 0. The predicted molar refractivity (Wildman–Crippen MR) is 81.7 cm³/mol. The molecule has 1 heteroatoms. The monoisotopic (exact) mass is 329 g/mol. The van der Waals surface area contributed by atoms with Gasteiger partial charge in [-0.1, -0.05) is 41.5 Å². The van der Waals surface area contributed by atoms with Crippen LogP contribution in [0.2, 0.25) is 0 Å². The molecule has 0 aliphatic heterocycles. The average molecular weight is 329 g/mol. The van der Waals surface area contributed by atoms with Gasteiger partial charge in [-0.05, 0) is 0 Å². The summed E-state index contributed by atoms with van der Waals surface area (Å²) in [5.41, 5.74) is 4.81. The van der Waals surface area contributed by atoms with Crippen molar-refractivity contribution in [1.82, 2.24) is 0 Å². The summed E-state index contributed by atoms with van der Waals surface area (Å²) >= 11 is 0. The Hall–Kier alpha value is -0.456. The van der Waals surface area contributed by atoms with Gasteiger partial charge in [0.2, 0.25) is 0 Å². The molecule has 0 spiro atoms. The van der Waals surface area contributed by atoms with Crippen LogP contribution in [0, 0.1) is 26.0 Å². The van der Waals surface area contributed by atoms with Crippen LogP contribution >= 0.6 is 0 Å². The molecule has 0 aliphatic carbocycles. The molecule has 0 amide bonds. The molecular weight excluding hydrogens is 305 g/mol. The van der Waals surface area contributed by atoms with Gasteiger partial charge >= 0.3 is 0 Å². The number of hydrogen-bond acceptors (Lipinski definition) is 0. The van der Waals surface area contributed by atoms with Gasteiger partial charge in [-0.25, -0.2) is 11.1 Å². The van der Waals surface area contributed by atoms with Gasteiger partial charge in [0.1, 0.15) is 0 Å². The topological polar surface area (TPSA) is 0 Å². The van der Waals surface area contributed by atoms with Crippen LogP contribution in [0.3, 0.4) is 0 Å². The van der Waals surface area contributed by atoms with E-state index >= 15 is 0 Å². The summed E-state index contributed by atoms with van der Waals surface area (Å²) in [6, 6.07) is 18.6. The molecule has 0 aromatic heterocycles. The molecule has 0 aliphatic rings. The maximum atomic E-state index is 3.26. The molecule has 2 aromatic carbocycles. The van der Waals surface area contributed by atoms with Gasteiger partial charge in [-0.2, -0.15) is 47.5 Å². The zero-order valence-corrected chi connectivity index (χ0v) is 15.9. The molecule has 101 valence electrons. The minimum Gasteiger partial charge on any atom is -0.223 e. The Morgan fingerprint density at radius 2 is 1.00 bits per heavy atom. The second-order valence-corrected chi connectivity index (χ2v) is 3.46. The van der Waals surface area contributed by atoms with Crippen LogP contribution < -0.4 is 0 Å². The zero-order valence-electron chi connectivity index (χ0n) is 13.0. The summed E-state index contributed by atoms with van der Waals surface area (Å²) in [6.45, 7) is 12.2. The van der Waals surface area contributed by atoms with Gasteiger partial charge in [0, 0.05) is 32.7 Å². The van der Waals surface area contributed by atoms with Crippen LogP contribution in [0.25, 0.3) is 11.1 Å². The Labute approximate surface area is 144 Å². The van der Waals surface area contributed by atoms with Crippen molar-refractivity contribution in [3.05, 3.63) is 59.7 Å². The molecule has 0 N–H and O–H groups in total. The van der Waals surface area contributed by atoms with Gasteiger partial charge in [0.05, 0.1) is 0 Å². The van der Waals surface area contributed by atoms with E-state index in [0.29, 0.717) is 0 Å². The molecule has 2 aromatic rings. The van der Waals surface area contributed by atoms with E-state index in [0.717, 1.165) is 11.1 Å². The van der Waals surface area contributed by atoms with E-state index in [9.17, 15) is 0 Å². The molecule has 0 atom stereocenters. The molecule has 0 heterocycles. The molecular formula is C18H24Y-2.